The van der Waals surface area contributed by atoms with Gasteiger partial charge in [0.2, 0.25) is 23.6 Å². The molecule has 2 aromatic carbocycles. The van der Waals surface area contributed by atoms with Crippen molar-refractivity contribution in [1.82, 2.24) is 10.2 Å². The average Bonchev–Trinajstić information content (AvgIpc) is 3.37. The van der Waals surface area contributed by atoms with Gasteiger partial charge < -0.3 is 15.8 Å². The molecule has 0 unspecified atom stereocenters. The lowest BCUT2D eigenvalue weighted by Crippen LogP contribution is -2.53. The number of nitrogens with one attached hydrogen (secondary N) is 2. The molecule has 176 valence electrons. The smallest absolute Gasteiger partial charge is 0.250 e. The van der Waals surface area contributed by atoms with Gasteiger partial charge in [0.15, 0.2) is 0 Å². The summed E-state index contributed by atoms with van der Waals surface area (Å²) in [5.41, 5.74) is 6.40. The Balaban J connectivity index is 1.59. The van der Waals surface area contributed by atoms with Gasteiger partial charge in [-0.2, -0.15) is 0 Å². The molecule has 10 heteroatoms. The molecule has 3 aliphatic heterocycles. The minimum atomic E-state index is -1.50. The Morgan fingerprint density at radius 1 is 1.15 bits per heavy atom. The highest BCUT2D eigenvalue weighted by molar-refractivity contribution is 6.32. The number of imide groups is 1. The van der Waals surface area contributed by atoms with Crippen molar-refractivity contribution in [3.05, 3.63) is 58.1 Å². The number of fused-ring (bicyclic) bond motifs is 4. The standard InChI is InChI=1S/C24H23ClN4O5/c1-11-15(25)8-7-14-20(11)27-23(33)24(14)19-18(16(28-24)9-17(26)30)21(31)29(22(19)32)10-12-3-5-13(34-2)6-4-12/h3-8,16,18-19,28H,9-10H2,1-2H3,(H2,26,30)(H,27,33)/t16-,18-,19+,24+/m1/s1. The Hall–Kier alpha value is -3.43. The lowest BCUT2D eigenvalue weighted by Gasteiger charge is -2.29. The maximum atomic E-state index is 13.7. The van der Waals surface area contributed by atoms with E-state index >= 15 is 0 Å². The quantitative estimate of drug-likeness (QED) is 0.553. The minimum Gasteiger partial charge on any atom is -0.497 e. The summed E-state index contributed by atoms with van der Waals surface area (Å²) in [6.45, 7) is 1.81. The van der Waals surface area contributed by atoms with Crippen molar-refractivity contribution >= 4 is 40.9 Å². The van der Waals surface area contributed by atoms with E-state index < -0.39 is 47.0 Å². The number of methoxy groups -OCH3 is 1. The van der Waals surface area contributed by atoms with E-state index in [2.05, 4.69) is 10.6 Å². The number of ether oxygens (including phenoxy) is 1. The van der Waals surface area contributed by atoms with Crippen LogP contribution in [0.4, 0.5) is 5.69 Å². The first-order valence-corrected chi connectivity index (χ1v) is 11.2. The van der Waals surface area contributed by atoms with Crippen LogP contribution in [0, 0.1) is 18.8 Å². The molecule has 9 nitrogen and oxygen atoms in total. The van der Waals surface area contributed by atoms with Crippen LogP contribution in [-0.4, -0.2) is 41.7 Å². The van der Waals surface area contributed by atoms with Crippen LogP contribution in [0.15, 0.2) is 36.4 Å². The number of likely N-dealkylation sites (tertiary alicyclic amines) is 1. The van der Waals surface area contributed by atoms with Crippen LogP contribution in [-0.2, 0) is 31.3 Å². The van der Waals surface area contributed by atoms with Crippen molar-refractivity contribution < 1.29 is 23.9 Å². The van der Waals surface area contributed by atoms with E-state index in [1.807, 2.05) is 0 Å². The van der Waals surface area contributed by atoms with Gasteiger partial charge in [-0.05, 0) is 36.2 Å². The number of nitrogens with zero attached hydrogens (tertiary/aromatic N) is 1. The van der Waals surface area contributed by atoms with Crippen LogP contribution in [0.5, 0.6) is 5.75 Å². The number of benzene rings is 2. The summed E-state index contributed by atoms with van der Waals surface area (Å²) in [7, 11) is 1.55. The molecule has 4 amide bonds. The summed E-state index contributed by atoms with van der Waals surface area (Å²) >= 11 is 6.26. The number of halogens is 1. The van der Waals surface area contributed by atoms with Gasteiger partial charge in [0.1, 0.15) is 11.3 Å². The van der Waals surface area contributed by atoms with Crippen LogP contribution >= 0.6 is 11.6 Å². The molecule has 0 radical (unpaired) electrons. The first kappa shape index (κ1) is 22.4. The maximum Gasteiger partial charge on any atom is 0.250 e. The molecule has 4 atom stereocenters. The molecule has 0 aliphatic carbocycles. The zero-order valence-corrected chi connectivity index (χ0v) is 19.3. The fraction of sp³-hybridized carbons (Fsp3) is 0.333. The Morgan fingerprint density at radius 3 is 2.50 bits per heavy atom. The zero-order valence-electron chi connectivity index (χ0n) is 18.6. The van der Waals surface area contributed by atoms with E-state index in [1.165, 1.54) is 4.90 Å². The largest absolute Gasteiger partial charge is 0.497 e. The maximum absolute atomic E-state index is 13.7. The second kappa shape index (κ2) is 7.82. The van der Waals surface area contributed by atoms with Crippen molar-refractivity contribution in [3.8, 4) is 5.75 Å². The first-order chi connectivity index (χ1) is 16.2. The highest BCUT2D eigenvalue weighted by Crippen LogP contribution is 2.54. The summed E-state index contributed by atoms with van der Waals surface area (Å²) < 4.78 is 5.17. The second-order valence-corrected chi connectivity index (χ2v) is 9.30. The van der Waals surface area contributed by atoms with Crippen LogP contribution < -0.4 is 21.1 Å². The van der Waals surface area contributed by atoms with Gasteiger partial charge in [-0.3, -0.25) is 29.4 Å². The van der Waals surface area contributed by atoms with Gasteiger partial charge in [0.05, 0.1) is 31.2 Å². The summed E-state index contributed by atoms with van der Waals surface area (Å²) in [4.78, 5) is 53.7. The van der Waals surface area contributed by atoms with Gasteiger partial charge in [-0.15, -0.1) is 0 Å². The predicted octanol–water partition coefficient (Wildman–Crippen LogP) is 1.45. The number of rotatable bonds is 5. The average molecular weight is 483 g/mol. The third kappa shape index (κ3) is 3.04. The number of hydrogen-bond acceptors (Lipinski definition) is 6. The molecule has 3 aliphatic rings. The predicted molar refractivity (Wildman–Crippen MR) is 123 cm³/mol. The Labute approximate surface area is 200 Å². The van der Waals surface area contributed by atoms with E-state index in [0.29, 0.717) is 27.6 Å². The molecule has 2 aromatic rings. The lowest BCUT2D eigenvalue weighted by atomic mass is 9.76. The zero-order chi connectivity index (χ0) is 24.4. The molecular formula is C24H23ClN4O5. The fourth-order valence-electron chi connectivity index (χ4n) is 5.51. The lowest BCUT2D eigenvalue weighted by molar-refractivity contribution is -0.143. The molecule has 1 spiro atoms. The SMILES string of the molecule is COc1ccc(CN2C(=O)[C@H]3[C@@H](C2=O)[C@]2(N[C@@H]3CC(N)=O)C(=O)Nc3c2ccc(Cl)c3C)cc1. The van der Waals surface area contributed by atoms with Gasteiger partial charge in [-0.25, -0.2) is 0 Å². The highest BCUT2D eigenvalue weighted by atomic mass is 35.5. The molecule has 0 bridgehead atoms. The molecule has 4 N–H and O–H groups in total. The summed E-state index contributed by atoms with van der Waals surface area (Å²) in [5, 5.41) is 6.48. The first-order valence-electron chi connectivity index (χ1n) is 10.8. The second-order valence-electron chi connectivity index (χ2n) is 8.89. The van der Waals surface area contributed by atoms with Gasteiger partial charge >= 0.3 is 0 Å². The van der Waals surface area contributed by atoms with Crippen molar-refractivity contribution in [2.24, 2.45) is 17.6 Å². The Kier molecular flexibility index (Phi) is 5.14. The van der Waals surface area contributed by atoms with E-state index in [-0.39, 0.29) is 13.0 Å². The van der Waals surface area contributed by atoms with Crippen molar-refractivity contribution in [1.29, 1.82) is 0 Å². The molecule has 2 saturated heterocycles. The number of nitrogens with two attached hydrogens (primary N) is 1. The van der Waals surface area contributed by atoms with E-state index in [1.54, 1.807) is 50.4 Å². The van der Waals surface area contributed by atoms with Crippen molar-refractivity contribution in [2.75, 3.05) is 12.4 Å². The van der Waals surface area contributed by atoms with Crippen molar-refractivity contribution in [3.63, 3.8) is 0 Å². The summed E-state index contributed by atoms with van der Waals surface area (Å²) in [6, 6.07) is 9.60. The van der Waals surface area contributed by atoms with Gasteiger partial charge in [0.25, 0.3) is 0 Å². The number of hydrogen-bond donors (Lipinski definition) is 3. The fourth-order valence-corrected chi connectivity index (χ4v) is 5.67. The topological polar surface area (TPSA) is 131 Å². The summed E-state index contributed by atoms with van der Waals surface area (Å²) in [5.74, 6) is -3.28. The van der Waals surface area contributed by atoms with Gasteiger partial charge in [-0.1, -0.05) is 29.8 Å². The number of primary amides is 1. The molecule has 3 heterocycles. The Bertz CT molecular complexity index is 1250. The Morgan fingerprint density at radius 2 is 1.85 bits per heavy atom. The van der Waals surface area contributed by atoms with Crippen molar-refractivity contribution in [2.45, 2.75) is 31.5 Å². The minimum absolute atomic E-state index is 0.0438. The van der Waals surface area contributed by atoms with E-state index in [4.69, 9.17) is 22.1 Å². The molecule has 2 fully saturated rings. The van der Waals surface area contributed by atoms with Gasteiger partial charge in [0, 0.05) is 23.0 Å². The van der Waals surface area contributed by atoms with E-state index in [9.17, 15) is 19.2 Å². The highest BCUT2D eigenvalue weighted by Gasteiger charge is 2.70. The molecule has 0 aromatic heterocycles. The van der Waals surface area contributed by atoms with E-state index in [0.717, 1.165) is 5.56 Å². The summed E-state index contributed by atoms with van der Waals surface area (Å²) in [6.07, 6.45) is -0.187. The third-order valence-corrected chi connectivity index (χ3v) is 7.51. The normalized spacial score (nSPS) is 27.2. The monoisotopic (exact) mass is 482 g/mol. The molecule has 5 rings (SSSR count). The number of carbonyl (C=O) groups is 4. The van der Waals surface area contributed by atoms with Crippen LogP contribution in [0.1, 0.15) is 23.1 Å². The number of carbonyl (C=O) groups excluding carboxylic acids is 4. The molecular weight excluding hydrogens is 460 g/mol. The van der Waals surface area contributed by atoms with Crippen LogP contribution in [0.3, 0.4) is 0 Å². The number of amides is 4. The molecule has 0 saturated carbocycles. The van der Waals surface area contributed by atoms with Crippen LogP contribution in [0.2, 0.25) is 5.02 Å². The molecule has 34 heavy (non-hydrogen) atoms. The van der Waals surface area contributed by atoms with Crippen LogP contribution in [0.25, 0.3) is 0 Å². The number of anilines is 1. The third-order valence-electron chi connectivity index (χ3n) is 7.10.